The molecular formula is C20H18F3N3O. The van der Waals surface area contributed by atoms with Crippen molar-refractivity contribution in [3.8, 4) is 11.1 Å². The molecule has 0 saturated carbocycles. The number of nitrogens with one attached hydrogen (secondary N) is 1. The SMILES string of the molecule is CC(NC(=O)Cn1ccc(C(F)(F)F)n1)c1ccc(-c2ccccc2)cc1. The van der Waals surface area contributed by atoms with Crippen molar-refractivity contribution in [1.29, 1.82) is 0 Å². The second-order valence-corrected chi connectivity index (χ2v) is 6.17. The van der Waals surface area contributed by atoms with Crippen molar-refractivity contribution in [2.24, 2.45) is 0 Å². The molecule has 7 heteroatoms. The van der Waals surface area contributed by atoms with E-state index in [0.29, 0.717) is 0 Å². The molecule has 3 rings (SSSR count). The van der Waals surface area contributed by atoms with E-state index in [1.807, 2.05) is 61.5 Å². The zero-order valence-corrected chi connectivity index (χ0v) is 14.6. The van der Waals surface area contributed by atoms with Crippen molar-refractivity contribution in [2.45, 2.75) is 25.7 Å². The molecule has 3 aromatic rings. The van der Waals surface area contributed by atoms with E-state index in [9.17, 15) is 18.0 Å². The van der Waals surface area contributed by atoms with Crippen LogP contribution in [0.15, 0.2) is 66.9 Å². The first-order valence-corrected chi connectivity index (χ1v) is 8.38. The quantitative estimate of drug-likeness (QED) is 0.718. The summed E-state index contributed by atoms with van der Waals surface area (Å²) in [5, 5.41) is 6.15. The average Bonchev–Trinajstić information content (AvgIpc) is 3.11. The fourth-order valence-corrected chi connectivity index (χ4v) is 2.71. The van der Waals surface area contributed by atoms with Gasteiger partial charge >= 0.3 is 6.18 Å². The Morgan fingerprint density at radius 2 is 1.67 bits per heavy atom. The molecule has 4 nitrogen and oxygen atoms in total. The number of alkyl halides is 3. The molecule has 0 radical (unpaired) electrons. The van der Waals surface area contributed by atoms with Crippen LogP contribution in [0.5, 0.6) is 0 Å². The molecule has 1 atom stereocenters. The van der Waals surface area contributed by atoms with Gasteiger partial charge in [-0.3, -0.25) is 9.48 Å². The van der Waals surface area contributed by atoms with Gasteiger partial charge in [0.1, 0.15) is 6.54 Å². The van der Waals surface area contributed by atoms with Crippen molar-refractivity contribution in [3.63, 3.8) is 0 Å². The molecule has 0 fully saturated rings. The number of carbonyl (C=O) groups is 1. The van der Waals surface area contributed by atoms with Crippen LogP contribution in [0, 0.1) is 0 Å². The number of benzene rings is 2. The number of rotatable bonds is 5. The number of amides is 1. The maximum Gasteiger partial charge on any atom is 0.435 e. The molecule has 0 bridgehead atoms. The van der Waals surface area contributed by atoms with E-state index in [-0.39, 0.29) is 12.6 Å². The summed E-state index contributed by atoms with van der Waals surface area (Å²) in [6, 6.07) is 18.3. The summed E-state index contributed by atoms with van der Waals surface area (Å²) in [5.41, 5.74) is 2.05. The molecule has 1 unspecified atom stereocenters. The van der Waals surface area contributed by atoms with E-state index in [4.69, 9.17) is 0 Å². The molecule has 140 valence electrons. The van der Waals surface area contributed by atoms with Crippen molar-refractivity contribution in [1.82, 2.24) is 15.1 Å². The van der Waals surface area contributed by atoms with Gasteiger partial charge in [-0.2, -0.15) is 18.3 Å². The molecule has 0 saturated heterocycles. The van der Waals surface area contributed by atoms with Crippen molar-refractivity contribution < 1.29 is 18.0 Å². The summed E-state index contributed by atoms with van der Waals surface area (Å²) < 4.78 is 38.6. The van der Waals surface area contributed by atoms with Crippen LogP contribution in [0.1, 0.15) is 24.2 Å². The van der Waals surface area contributed by atoms with Gasteiger partial charge in [0.25, 0.3) is 0 Å². The number of aromatic nitrogens is 2. The molecule has 0 spiro atoms. The first kappa shape index (κ1) is 18.7. The molecular weight excluding hydrogens is 355 g/mol. The van der Waals surface area contributed by atoms with Crippen molar-refractivity contribution >= 4 is 5.91 Å². The molecule has 2 aromatic carbocycles. The standard InChI is InChI=1S/C20H18F3N3O/c1-14(15-7-9-17(10-8-15)16-5-3-2-4-6-16)24-19(27)13-26-12-11-18(25-26)20(21,22)23/h2-12,14H,13H2,1H3,(H,24,27). The lowest BCUT2D eigenvalue weighted by molar-refractivity contribution is -0.141. The van der Waals surface area contributed by atoms with E-state index < -0.39 is 17.8 Å². The van der Waals surface area contributed by atoms with Crippen molar-refractivity contribution in [2.75, 3.05) is 0 Å². The Morgan fingerprint density at radius 1 is 1.04 bits per heavy atom. The molecule has 1 amide bonds. The van der Waals surface area contributed by atoms with Gasteiger partial charge in [0.2, 0.25) is 5.91 Å². The summed E-state index contributed by atoms with van der Waals surface area (Å²) in [6.07, 6.45) is -3.38. The van der Waals surface area contributed by atoms with E-state index >= 15 is 0 Å². The van der Waals surface area contributed by atoms with Crippen LogP contribution >= 0.6 is 0 Å². The highest BCUT2D eigenvalue weighted by atomic mass is 19.4. The largest absolute Gasteiger partial charge is 0.435 e. The zero-order valence-electron chi connectivity index (χ0n) is 14.6. The molecule has 1 N–H and O–H groups in total. The Bertz CT molecular complexity index is 902. The highest BCUT2D eigenvalue weighted by Crippen LogP contribution is 2.27. The predicted octanol–water partition coefficient (Wildman–Crippen LogP) is 4.45. The van der Waals surface area contributed by atoms with Gasteiger partial charge in [0.05, 0.1) is 6.04 Å². The minimum absolute atomic E-state index is 0.275. The third-order valence-corrected chi connectivity index (χ3v) is 4.13. The molecule has 0 aliphatic carbocycles. The van der Waals surface area contributed by atoms with Gasteiger partial charge in [-0.1, -0.05) is 54.6 Å². The van der Waals surface area contributed by atoms with Gasteiger partial charge in [-0.25, -0.2) is 0 Å². The van der Waals surface area contributed by atoms with Crippen LogP contribution in [0.25, 0.3) is 11.1 Å². The predicted molar refractivity (Wildman–Crippen MR) is 95.7 cm³/mol. The number of hydrogen-bond donors (Lipinski definition) is 1. The Balaban J connectivity index is 1.60. The summed E-state index contributed by atoms with van der Waals surface area (Å²) in [4.78, 5) is 12.1. The van der Waals surface area contributed by atoms with Crippen LogP contribution in [-0.2, 0) is 17.5 Å². The summed E-state index contributed by atoms with van der Waals surface area (Å²) in [5.74, 6) is -0.411. The number of hydrogen-bond acceptors (Lipinski definition) is 2. The summed E-state index contributed by atoms with van der Waals surface area (Å²) in [6.45, 7) is 1.54. The van der Waals surface area contributed by atoms with Gasteiger partial charge in [0, 0.05) is 6.20 Å². The molecule has 1 aromatic heterocycles. The Kier molecular flexibility index (Phi) is 5.30. The Labute approximate surface area is 154 Å². The number of halogens is 3. The lowest BCUT2D eigenvalue weighted by Crippen LogP contribution is -2.30. The number of carbonyl (C=O) groups excluding carboxylic acids is 1. The fourth-order valence-electron chi connectivity index (χ4n) is 2.71. The van der Waals surface area contributed by atoms with Gasteiger partial charge in [-0.05, 0) is 29.7 Å². The molecule has 0 aliphatic heterocycles. The lowest BCUT2D eigenvalue weighted by atomic mass is 10.0. The number of nitrogens with zero attached hydrogens (tertiary/aromatic N) is 2. The van der Waals surface area contributed by atoms with E-state index in [0.717, 1.165) is 33.6 Å². The zero-order chi connectivity index (χ0) is 19.4. The third kappa shape index (κ3) is 4.75. The van der Waals surface area contributed by atoms with E-state index in [1.165, 1.54) is 0 Å². The molecule has 1 heterocycles. The van der Waals surface area contributed by atoms with Crippen molar-refractivity contribution in [3.05, 3.63) is 78.1 Å². The van der Waals surface area contributed by atoms with Gasteiger partial charge in [0.15, 0.2) is 5.69 Å². The highest BCUT2D eigenvalue weighted by Gasteiger charge is 2.33. The third-order valence-electron chi connectivity index (χ3n) is 4.13. The fraction of sp³-hybridized carbons (Fsp3) is 0.200. The average molecular weight is 373 g/mol. The smallest absolute Gasteiger partial charge is 0.348 e. The van der Waals surface area contributed by atoms with Crippen LogP contribution in [0.2, 0.25) is 0 Å². The van der Waals surface area contributed by atoms with Crippen LogP contribution in [0.3, 0.4) is 0 Å². The maximum absolute atomic E-state index is 12.5. The minimum atomic E-state index is -4.52. The summed E-state index contributed by atoms with van der Waals surface area (Å²) >= 11 is 0. The van der Waals surface area contributed by atoms with E-state index in [1.54, 1.807) is 0 Å². The van der Waals surface area contributed by atoms with Crippen LogP contribution in [0.4, 0.5) is 13.2 Å². The monoisotopic (exact) mass is 373 g/mol. The minimum Gasteiger partial charge on any atom is -0.348 e. The van der Waals surface area contributed by atoms with Gasteiger partial charge < -0.3 is 5.32 Å². The van der Waals surface area contributed by atoms with E-state index in [2.05, 4.69) is 10.4 Å². The first-order chi connectivity index (χ1) is 12.8. The highest BCUT2D eigenvalue weighted by molar-refractivity contribution is 5.76. The van der Waals surface area contributed by atoms with Crippen LogP contribution < -0.4 is 5.32 Å². The normalized spacial score (nSPS) is 12.6. The second kappa shape index (κ2) is 7.65. The molecule has 0 aliphatic rings. The first-order valence-electron chi connectivity index (χ1n) is 8.38. The maximum atomic E-state index is 12.5. The second-order valence-electron chi connectivity index (χ2n) is 6.17. The van der Waals surface area contributed by atoms with Crippen LogP contribution in [-0.4, -0.2) is 15.7 Å². The van der Waals surface area contributed by atoms with Gasteiger partial charge in [-0.15, -0.1) is 0 Å². The summed E-state index contributed by atoms with van der Waals surface area (Å²) in [7, 11) is 0. The Morgan fingerprint density at radius 3 is 2.26 bits per heavy atom. The lowest BCUT2D eigenvalue weighted by Gasteiger charge is -2.15. The molecule has 27 heavy (non-hydrogen) atoms. The topological polar surface area (TPSA) is 46.9 Å². The Hall–Kier alpha value is -3.09.